The molecular weight excluding hydrogens is 246 g/mol. The van der Waals surface area contributed by atoms with Gasteiger partial charge in [0.05, 0.1) is 18.9 Å². The van der Waals surface area contributed by atoms with Gasteiger partial charge in [-0.3, -0.25) is 9.88 Å². The standard InChI is InChI=1S/C13H19N3OS/c1-13(2)9-17-6-5-16(13)8-10-3-4-15-11(7-10)12(14)18/h3-4,7H,5-6,8-9H2,1-2H3,(H2,14,18). The van der Waals surface area contributed by atoms with Crippen LogP contribution in [-0.2, 0) is 11.3 Å². The van der Waals surface area contributed by atoms with E-state index < -0.39 is 0 Å². The number of thiocarbonyl (C=S) groups is 1. The van der Waals surface area contributed by atoms with Crippen molar-refractivity contribution in [2.45, 2.75) is 25.9 Å². The van der Waals surface area contributed by atoms with Crippen LogP contribution in [0.4, 0.5) is 0 Å². The van der Waals surface area contributed by atoms with E-state index >= 15 is 0 Å². The van der Waals surface area contributed by atoms with Crippen molar-refractivity contribution in [1.82, 2.24) is 9.88 Å². The molecular formula is C13H19N3OS. The molecule has 98 valence electrons. The summed E-state index contributed by atoms with van der Waals surface area (Å²) in [5.41, 5.74) is 7.54. The molecule has 1 aromatic heterocycles. The first-order chi connectivity index (χ1) is 8.49. The fourth-order valence-electron chi connectivity index (χ4n) is 2.11. The number of rotatable bonds is 3. The maximum Gasteiger partial charge on any atom is 0.122 e. The summed E-state index contributed by atoms with van der Waals surface area (Å²) in [5.74, 6) is 0. The topological polar surface area (TPSA) is 51.4 Å². The minimum absolute atomic E-state index is 0.0604. The minimum Gasteiger partial charge on any atom is -0.388 e. The van der Waals surface area contributed by atoms with Crippen LogP contribution in [0.25, 0.3) is 0 Å². The van der Waals surface area contributed by atoms with Gasteiger partial charge in [0, 0.05) is 24.8 Å². The van der Waals surface area contributed by atoms with Gasteiger partial charge in [-0.25, -0.2) is 0 Å². The van der Waals surface area contributed by atoms with E-state index in [9.17, 15) is 0 Å². The number of hydrogen-bond acceptors (Lipinski definition) is 4. The SMILES string of the molecule is CC1(C)COCCN1Cc1ccnc(C(N)=S)c1. The fraction of sp³-hybridized carbons (Fsp3) is 0.538. The summed E-state index contributed by atoms with van der Waals surface area (Å²) in [6.45, 7) is 7.76. The zero-order chi connectivity index (χ0) is 13.2. The molecule has 1 aliphatic rings. The highest BCUT2D eigenvalue weighted by atomic mass is 32.1. The van der Waals surface area contributed by atoms with E-state index in [1.54, 1.807) is 6.20 Å². The van der Waals surface area contributed by atoms with Gasteiger partial charge >= 0.3 is 0 Å². The fourth-order valence-corrected chi connectivity index (χ4v) is 2.22. The van der Waals surface area contributed by atoms with E-state index in [0.29, 0.717) is 10.7 Å². The number of nitrogens with two attached hydrogens (primary N) is 1. The van der Waals surface area contributed by atoms with Gasteiger partial charge in [0.1, 0.15) is 4.99 Å². The molecule has 0 radical (unpaired) electrons. The highest BCUT2D eigenvalue weighted by Gasteiger charge is 2.30. The molecule has 0 atom stereocenters. The van der Waals surface area contributed by atoms with Gasteiger partial charge in [-0.2, -0.15) is 0 Å². The van der Waals surface area contributed by atoms with Crippen LogP contribution in [-0.4, -0.2) is 40.2 Å². The summed E-state index contributed by atoms with van der Waals surface area (Å²) in [4.78, 5) is 6.92. The molecule has 2 heterocycles. The van der Waals surface area contributed by atoms with Crippen molar-refractivity contribution in [3.63, 3.8) is 0 Å². The van der Waals surface area contributed by atoms with Gasteiger partial charge in [-0.1, -0.05) is 12.2 Å². The molecule has 0 aliphatic carbocycles. The molecule has 0 unspecified atom stereocenters. The summed E-state index contributed by atoms with van der Waals surface area (Å²) >= 11 is 4.95. The first kappa shape index (κ1) is 13.4. The van der Waals surface area contributed by atoms with Gasteiger partial charge in [0.25, 0.3) is 0 Å². The lowest BCUT2D eigenvalue weighted by atomic mass is 10.0. The number of pyridine rings is 1. The summed E-state index contributed by atoms with van der Waals surface area (Å²) in [6.07, 6.45) is 1.76. The number of aromatic nitrogens is 1. The van der Waals surface area contributed by atoms with Crippen LogP contribution in [0.1, 0.15) is 25.1 Å². The minimum atomic E-state index is 0.0604. The Hall–Kier alpha value is -1.04. The highest BCUT2D eigenvalue weighted by molar-refractivity contribution is 7.80. The predicted molar refractivity (Wildman–Crippen MR) is 75.4 cm³/mol. The van der Waals surface area contributed by atoms with Crippen molar-refractivity contribution in [1.29, 1.82) is 0 Å². The Morgan fingerprint density at radius 1 is 1.61 bits per heavy atom. The molecule has 2 rings (SSSR count). The Bertz CT molecular complexity index is 448. The van der Waals surface area contributed by atoms with Crippen molar-refractivity contribution in [2.24, 2.45) is 5.73 Å². The molecule has 0 saturated carbocycles. The van der Waals surface area contributed by atoms with Crippen LogP contribution in [0.3, 0.4) is 0 Å². The predicted octanol–water partition coefficient (Wildman–Crippen LogP) is 1.33. The van der Waals surface area contributed by atoms with Gasteiger partial charge in [0.15, 0.2) is 0 Å². The third-order valence-electron chi connectivity index (χ3n) is 3.27. The molecule has 2 N–H and O–H groups in total. The summed E-state index contributed by atoms with van der Waals surface area (Å²) < 4.78 is 5.52. The Kier molecular flexibility index (Phi) is 3.94. The molecule has 0 amide bonds. The summed E-state index contributed by atoms with van der Waals surface area (Å²) in [6, 6.07) is 3.97. The third-order valence-corrected chi connectivity index (χ3v) is 3.48. The Morgan fingerprint density at radius 3 is 3.06 bits per heavy atom. The largest absolute Gasteiger partial charge is 0.388 e. The number of morpholine rings is 1. The van der Waals surface area contributed by atoms with Crippen molar-refractivity contribution < 1.29 is 4.74 Å². The average Bonchev–Trinajstić information content (AvgIpc) is 2.32. The molecule has 1 aromatic rings. The molecule has 0 aromatic carbocycles. The van der Waals surface area contributed by atoms with E-state index in [1.165, 1.54) is 5.56 Å². The van der Waals surface area contributed by atoms with Gasteiger partial charge in [-0.15, -0.1) is 0 Å². The van der Waals surface area contributed by atoms with Gasteiger partial charge < -0.3 is 10.5 Å². The Morgan fingerprint density at radius 2 is 2.39 bits per heavy atom. The monoisotopic (exact) mass is 265 g/mol. The Balaban J connectivity index is 2.13. The van der Waals surface area contributed by atoms with Crippen LogP contribution in [0, 0.1) is 0 Å². The highest BCUT2D eigenvalue weighted by Crippen LogP contribution is 2.21. The normalized spacial score (nSPS) is 19.7. The molecule has 1 aliphatic heterocycles. The van der Waals surface area contributed by atoms with Crippen molar-refractivity contribution >= 4 is 17.2 Å². The zero-order valence-corrected chi connectivity index (χ0v) is 11.7. The zero-order valence-electron chi connectivity index (χ0n) is 10.8. The van der Waals surface area contributed by atoms with Crippen molar-refractivity contribution in [2.75, 3.05) is 19.8 Å². The molecule has 4 nitrogen and oxygen atoms in total. The van der Waals surface area contributed by atoms with Gasteiger partial charge in [0.2, 0.25) is 0 Å². The lowest BCUT2D eigenvalue weighted by Crippen LogP contribution is -2.52. The third kappa shape index (κ3) is 3.04. The molecule has 1 fully saturated rings. The van der Waals surface area contributed by atoms with Crippen LogP contribution in [0.2, 0.25) is 0 Å². The number of ether oxygens (including phenoxy) is 1. The molecule has 0 spiro atoms. The maximum absolute atomic E-state index is 5.60. The second kappa shape index (κ2) is 5.30. The molecule has 0 bridgehead atoms. The van der Waals surface area contributed by atoms with Crippen LogP contribution >= 0.6 is 12.2 Å². The van der Waals surface area contributed by atoms with E-state index in [0.717, 1.165) is 26.3 Å². The number of nitrogens with zero attached hydrogens (tertiary/aromatic N) is 2. The average molecular weight is 265 g/mol. The molecule has 5 heteroatoms. The lowest BCUT2D eigenvalue weighted by molar-refractivity contribution is -0.0552. The second-order valence-corrected chi connectivity index (χ2v) is 5.64. The first-order valence-electron chi connectivity index (χ1n) is 6.06. The quantitative estimate of drug-likeness (QED) is 0.836. The summed E-state index contributed by atoms with van der Waals surface area (Å²) in [7, 11) is 0. The number of hydrogen-bond donors (Lipinski definition) is 1. The van der Waals surface area contributed by atoms with Crippen LogP contribution in [0.5, 0.6) is 0 Å². The summed E-state index contributed by atoms with van der Waals surface area (Å²) in [5, 5.41) is 0. The van der Waals surface area contributed by atoms with Gasteiger partial charge in [-0.05, 0) is 31.5 Å². The van der Waals surface area contributed by atoms with E-state index in [2.05, 4.69) is 23.7 Å². The van der Waals surface area contributed by atoms with Crippen LogP contribution < -0.4 is 5.73 Å². The van der Waals surface area contributed by atoms with Crippen molar-refractivity contribution in [3.8, 4) is 0 Å². The lowest BCUT2D eigenvalue weighted by Gasteiger charge is -2.42. The van der Waals surface area contributed by atoms with E-state index in [-0.39, 0.29) is 5.54 Å². The maximum atomic E-state index is 5.60. The van der Waals surface area contributed by atoms with Crippen molar-refractivity contribution in [3.05, 3.63) is 29.6 Å². The van der Waals surface area contributed by atoms with E-state index in [1.807, 2.05) is 12.1 Å². The smallest absolute Gasteiger partial charge is 0.122 e. The second-order valence-electron chi connectivity index (χ2n) is 5.20. The molecule has 1 saturated heterocycles. The Labute approximate surface area is 113 Å². The van der Waals surface area contributed by atoms with E-state index in [4.69, 9.17) is 22.7 Å². The first-order valence-corrected chi connectivity index (χ1v) is 6.47. The molecule has 18 heavy (non-hydrogen) atoms. The van der Waals surface area contributed by atoms with Crippen LogP contribution in [0.15, 0.2) is 18.3 Å².